The topological polar surface area (TPSA) is 56.8 Å². The molecule has 3 heteroatoms. The van der Waals surface area contributed by atoms with E-state index in [0.717, 1.165) is 41.7 Å². The zero-order valence-electron chi connectivity index (χ0n) is 19.8. The van der Waals surface area contributed by atoms with Crippen LogP contribution in [0.15, 0.2) is 78.9 Å². The minimum atomic E-state index is -1.21. The molecule has 2 aromatic carbocycles. The first-order chi connectivity index (χ1) is 15.9. The summed E-state index contributed by atoms with van der Waals surface area (Å²) in [6, 6.07) is 21.3. The van der Waals surface area contributed by atoms with Crippen LogP contribution in [0, 0.1) is 40.4 Å². The molecule has 3 nitrogen and oxygen atoms in total. The smallest absolute Gasteiger partial charge is 0.168 e. The van der Waals surface area contributed by atoms with Crippen LogP contribution in [0.4, 0.5) is 0 Å². The Kier molecular flexibility index (Phi) is 7.57. The van der Waals surface area contributed by atoms with Crippen LogP contribution >= 0.6 is 0 Å². The summed E-state index contributed by atoms with van der Waals surface area (Å²) in [5.74, 6) is 0.793. The lowest BCUT2D eigenvalue weighted by Crippen LogP contribution is -2.37. The lowest BCUT2D eigenvalue weighted by atomic mass is 9.56. The van der Waals surface area contributed by atoms with Crippen LogP contribution in [0.1, 0.15) is 55.2 Å². The predicted octanol–water partition coefficient (Wildman–Crippen LogP) is 7.53. The van der Waals surface area contributed by atoms with E-state index in [-0.39, 0.29) is 11.3 Å². The highest BCUT2D eigenvalue weighted by molar-refractivity contribution is 5.54. The highest BCUT2D eigenvalue weighted by atomic mass is 16.5. The highest BCUT2D eigenvalue weighted by Crippen LogP contribution is 2.55. The SMILES string of the molecule is C=CCC(C#N)(C#N)C1=CCCCC1(C)C(/C=C/c1ccc(C)cc1)c1ccc(OC)cc1. The maximum atomic E-state index is 10.2. The minimum absolute atomic E-state index is 0.0119. The van der Waals surface area contributed by atoms with Crippen molar-refractivity contribution < 1.29 is 4.74 Å². The number of ether oxygens (including phenoxy) is 1. The van der Waals surface area contributed by atoms with Gasteiger partial charge in [0.1, 0.15) is 5.75 Å². The summed E-state index contributed by atoms with van der Waals surface area (Å²) in [5.41, 5.74) is 2.81. The van der Waals surface area contributed by atoms with Crippen LogP contribution < -0.4 is 4.74 Å². The number of aryl methyl sites for hydroxylation is 1. The molecule has 168 valence electrons. The number of nitriles is 2. The number of nitrogens with zero attached hydrogens (tertiary/aromatic N) is 2. The molecule has 0 fully saturated rings. The second-order valence-electron chi connectivity index (χ2n) is 9.07. The van der Waals surface area contributed by atoms with Crippen LogP contribution in [0.25, 0.3) is 6.08 Å². The highest BCUT2D eigenvalue weighted by Gasteiger charge is 2.48. The molecule has 0 spiro atoms. The Morgan fingerprint density at radius 3 is 2.36 bits per heavy atom. The summed E-state index contributed by atoms with van der Waals surface area (Å²) < 4.78 is 5.38. The fourth-order valence-corrected chi connectivity index (χ4v) is 5.02. The zero-order valence-corrected chi connectivity index (χ0v) is 19.8. The molecule has 33 heavy (non-hydrogen) atoms. The van der Waals surface area contributed by atoms with Gasteiger partial charge >= 0.3 is 0 Å². The van der Waals surface area contributed by atoms with Gasteiger partial charge in [-0.3, -0.25) is 0 Å². The van der Waals surface area contributed by atoms with E-state index < -0.39 is 5.41 Å². The lowest BCUT2D eigenvalue weighted by molar-refractivity contribution is 0.264. The molecular formula is C30H32N2O. The van der Waals surface area contributed by atoms with Gasteiger partial charge in [-0.05, 0) is 55.0 Å². The van der Waals surface area contributed by atoms with Gasteiger partial charge in [-0.1, -0.05) is 73.2 Å². The van der Waals surface area contributed by atoms with Gasteiger partial charge in [-0.15, -0.1) is 6.58 Å². The molecule has 0 heterocycles. The van der Waals surface area contributed by atoms with Crippen molar-refractivity contribution in [2.24, 2.45) is 10.8 Å². The molecule has 1 aliphatic rings. The quantitative estimate of drug-likeness (QED) is 0.402. The first kappa shape index (κ1) is 24.1. The average Bonchev–Trinajstić information content (AvgIpc) is 2.84. The van der Waals surface area contributed by atoms with Gasteiger partial charge < -0.3 is 4.74 Å². The van der Waals surface area contributed by atoms with E-state index in [1.807, 2.05) is 12.1 Å². The molecule has 0 amide bonds. The van der Waals surface area contributed by atoms with E-state index in [0.29, 0.717) is 6.42 Å². The molecule has 2 atom stereocenters. The van der Waals surface area contributed by atoms with Gasteiger partial charge in [0.15, 0.2) is 5.41 Å². The van der Waals surface area contributed by atoms with Gasteiger partial charge in [0.05, 0.1) is 19.2 Å². The normalized spacial score (nSPS) is 19.2. The lowest BCUT2D eigenvalue weighted by Gasteiger charge is -2.45. The van der Waals surface area contributed by atoms with E-state index in [1.165, 1.54) is 5.56 Å². The third-order valence-electron chi connectivity index (χ3n) is 6.88. The number of allylic oxidation sites excluding steroid dienone is 4. The number of benzene rings is 2. The van der Waals surface area contributed by atoms with Crippen LogP contribution in [-0.4, -0.2) is 7.11 Å². The molecule has 0 radical (unpaired) electrons. The Hall–Kier alpha value is -3.56. The Morgan fingerprint density at radius 1 is 1.12 bits per heavy atom. The van der Waals surface area contributed by atoms with Gasteiger partial charge in [0.25, 0.3) is 0 Å². The Morgan fingerprint density at radius 2 is 1.79 bits per heavy atom. The Balaban J connectivity index is 2.16. The molecule has 2 aromatic rings. The van der Waals surface area contributed by atoms with Crippen molar-refractivity contribution in [1.29, 1.82) is 10.5 Å². The van der Waals surface area contributed by atoms with Gasteiger partial charge in [-0.2, -0.15) is 10.5 Å². The van der Waals surface area contributed by atoms with E-state index in [4.69, 9.17) is 4.74 Å². The fourth-order valence-electron chi connectivity index (χ4n) is 5.02. The minimum Gasteiger partial charge on any atom is -0.497 e. The molecule has 3 rings (SSSR count). The van der Waals surface area contributed by atoms with Crippen molar-refractivity contribution in [3.8, 4) is 17.9 Å². The van der Waals surface area contributed by atoms with E-state index in [2.05, 4.69) is 87.2 Å². The van der Waals surface area contributed by atoms with Gasteiger partial charge in [-0.25, -0.2) is 0 Å². The fraction of sp³-hybridized carbons (Fsp3) is 0.333. The maximum absolute atomic E-state index is 10.2. The second kappa shape index (κ2) is 10.4. The summed E-state index contributed by atoms with van der Waals surface area (Å²) in [7, 11) is 1.66. The van der Waals surface area contributed by atoms with Crippen molar-refractivity contribution in [3.63, 3.8) is 0 Å². The van der Waals surface area contributed by atoms with Crippen LogP contribution in [-0.2, 0) is 0 Å². The third kappa shape index (κ3) is 4.94. The summed E-state index contributed by atoms with van der Waals surface area (Å²) in [4.78, 5) is 0. The number of hydrogen-bond acceptors (Lipinski definition) is 3. The van der Waals surface area contributed by atoms with Crippen molar-refractivity contribution in [1.82, 2.24) is 0 Å². The first-order valence-corrected chi connectivity index (χ1v) is 11.5. The largest absolute Gasteiger partial charge is 0.497 e. The van der Waals surface area contributed by atoms with Crippen molar-refractivity contribution in [3.05, 3.63) is 95.6 Å². The molecule has 0 saturated heterocycles. The third-order valence-corrected chi connectivity index (χ3v) is 6.88. The molecule has 0 bridgehead atoms. The molecule has 1 aliphatic carbocycles. The van der Waals surface area contributed by atoms with E-state index in [1.54, 1.807) is 13.2 Å². The summed E-state index contributed by atoms with van der Waals surface area (Å²) in [6.07, 6.45) is 11.3. The van der Waals surface area contributed by atoms with Crippen LogP contribution in [0.3, 0.4) is 0 Å². The average molecular weight is 437 g/mol. The van der Waals surface area contributed by atoms with Crippen molar-refractivity contribution in [2.45, 2.75) is 45.4 Å². The van der Waals surface area contributed by atoms with Gasteiger partial charge in [0.2, 0.25) is 0 Å². The summed E-state index contributed by atoms with van der Waals surface area (Å²) in [5, 5.41) is 20.3. The van der Waals surface area contributed by atoms with Crippen LogP contribution in [0.5, 0.6) is 5.75 Å². The predicted molar refractivity (Wildman–Crippen MR) is 134 cm³/mol. The zero-order chi connectivity index (χ0) is 23.9. The Bertz CT molecular complexity index is 1100. The summed E-state index contributed by atoms with van der Waals surface area (Å²) >= 11 is 0. The van der Waals surface area contributed by atoms with E-state index in [9.17, 15) is 10.5 Å². The van der Waals surface area contributed by atoms with Crippen molar-refractivity contribution in [2.75, 3.05) is 7.11 Å². The van der Waals surface area contributed by atoms with E-state index >= 15 is 0 Å². The molecule has 2 unspecified atom stereocenters. The maximum Gasteiger partial charge on any atom is 0.168 e. The second-order valence-corrected chi connectivity index (χ2v) is 9.07. The monoisotopic (exact) mass is 436 g/mol. The molecule has 0 N–H and O–H groups in total. The standard InChI is InChI=1S/C30H32N2O/c1-5-19-30(21-31,22-32)28-8-6-7-20-29(28,3)27(25-14-16-26(33-4)17-15-25)18-13-24-11-9-23(2)10-12-24/h5,8-18,27H,1,6-7,19-20H2,2-4H3/b18-13+. The number of methoxy groups -OCH3 is 1. The molecule has 0 aromatic heterocycles. The molecule has 0 saturated carbocycles. The molecular weight excluding hydrogens is 404 g/mol. The Labute approximate surface area is 198 Å². The van der Waals surface area contributed by atoms with Crippen molar-refractivity contribution >= 4 is 6.08 Å². The molecule has 0 aliphatic heterocycles. The summed E-state index contributed by atoms with van der Waals surface area (Å²) in [6.45, 7) is 8.12. The first-order valence-electron chi connectivity index (χ1n) is 11.5. The van der Waals surface area contributed by atoms with Gasteiger partial charge in [0, 0.05) is 17.8 Å². The number of rotatable bonds is 8. The number of hydrogen-bond donors (Lipinski definition) is 0. The van der Waals surface area contributed by atoms with Crippen LogP contribution in [0.2, 0.25) is 0 Å².